The van der Waals surface area contributed by atoms with Gasteiger partial charge in [-0.05, 0) is 6.42 Å². The SMILES string of the molecule is CCCCCCCCCCCCCCCCCC(=O)O.NS(=O)(=O)O.NS(=O)(=O)O.NS(=O)(=O)O.O=C(O)CCC(=O)O. The van der Waals surface area contributed by atoms with Gasteiger partial charge in [-0.15, -0.1) is 0 Å². The first-order valence-corrected chi connectivity index (χ1v) is 17.8. The Morgan fingerprint density at radius 3 is 0.744 bits per heavy atom. The molecule has 0 saturated heterocycles. The molecule has 0 atom stereocenters. The van der Waals surface area contributed by atoms with Gasteiger partial charge in [0.2, 0.25) is 0 Å². The van der Waals surface area contributed by atoms with Crippen molar-refractivity contribution in [3.8, 4) is 0 Å². The number of unbranched alkanes of at least 4 members (excludes halogenated alkanes) is 14. The molecule has 0 unspecified atom stereocenters. The second-order valence-electron chi connectivity index (χ2n) is 8.93. The zero-order valence-electron chi connectivity index (χ0n) is 24.5. The number of hydrogen-bond acceptors (Lipinski definition) is 9. The zero-order valence-corrected chi connectivity index (χ0v) is 27.0. The quantitative estimate of drug-likeness (QED) is 0.0693. The van der Waals surface area contributed by atoms with Crippen LogP contribution < -0.4 is 15.4 Å². The van der Waals surface area contributed by atoms with Gasteiger partial charge in [0.1, 0.15) is 0 Å². The number of hydrogen-bond donors (Lipinski definition) is 9. The van der Waals surface area contributed by atoms with Gasteiger partial charge in [0.25, 0.3) is 0 Å². The van der Waals surface area contributed by atoms with Gasteiger partial charge in [-0.3, -0.25) is 28.0 Å². The molecular weight excluding hydrogens is 642 g/mol. The van der Waals surface area contributed by atoms with Crippen molar-refractivity contribution in [1.29, 1.82) is 0 Å². The van der Waals surface area contributed by atoms with Crippen LogP contribution in [0.5, 0.6) is 0 Å². The number of carboxylic acid groups (broad SMARTS) is 3. The number of nitrogens with two attached hydrogens (primary N) is 3. The normalized spacial score (nSPS) is 10.7. The molecule has 21 heteroatoms. The lowest BCUT2D eigenvalue weighted by atomic mass is 10.0. The molecule has 0 aromatic carbocycles. The highest BCUT2D eigenvalue weighted by Crippen LogP contribution is 2.13. The van der Waals surface area contributed by atoms with Crippen LogP contribution in [0.4, 0.5) is 0 Å². The summed E-state index contributed by atoms with van der Waals surface area (Å²) in [4.78, 5) is 29.6. The second-order valence-corrected chi connectivity index (χ2v) is 12.0. The molecule has 0 spiro atoms. The van der Waals surface area contributed by atoms with E-state index in [1.165, 1.54) is 83.5 Å². The van der Waals surface area contributed by atoms with E-state index in [0.29, 0.717) is 6.42 Å². The highest BCUT2D eigenvalue weighted by atomic mass is 32.2. The summed E-state index contributed by atoms with van der Waals surface area (Å²) in [5.74, 6) is -2.81. The van der Waals surface area contributed by atoms with Crippen molar-refractivity contribution < 1.29 is 68.6 Å². The first kappa shape index (κ1) is 50.6. The smallest absolute Gasteiger partial charge is 0.330 e. The molecule has 0 aromatic heterocycles. The fourth-order valence-corrected chi connectivity index (χ4v) is 2.86. The zero-order chi connectivity index (χ0) is 35.0. The van der Waals surface area contributed by atoms with Crippen molar-refractivity contribution in [2.75, 3.05) is 0 Å². The molecule has 0 radical (unpaired) electrons. The van der Waals surface area contributed by atoms with E-state index in [1.807, 2.05) is 0 Å². The summed E-state index contributed by atoms with van der Waals surface area (Å²) in [7, 11) is -12.5. The van der Waals surface area contributed by atoms with Crippen LogP contribution in [-0.4, -0.2) is 72.1 Å². The Hall–Kier alpha value is -1.98. The molecule has 0 aliphatic rings. The molecule has 18 nitrogen and oxygen atoms in total. The third-order valence-corrected chi connectivity index (χ3v) is 4.55. The average molecular weight is 694 g/mol. The molecule has 0 fully saturated rings. The monoisotopic (exact) mass is 693 g/mol. The van der Waals surface area contributed by atoms with Crippen LogP contribution in [0.2, 0.25) is 0 Å². The lowest BCUT2D eigenvalue weighted by Gasteiger charge is -2.03. The van der Waals surface area contributed by atoms with Crippen LogP contribution in [0, 0.1) is 0 Å². The molecule has 0 bridgehead atoms. The summed E-state index contributed by atoms with van der Waals surface area (Å²) in [6, 6.07) is 0. The summed E-state index contributed by atoms with van der Waals surface area (Å²) in [6.45, 7) is 2.27. The molecule has 43 heavy (non-hydrogen) atoms. The molecule has 0 aliphatic carbocycles. The van der Waals surface area contributed by atoms with Crippen molar-refractivity contribution in [1.82, 2.24) is 0 Å². The number of carboxylic acids is 3. The average Bonchev–Trinajstić information content (AvgIpc) is 2.77. The van der Waals surface area contributed by atoms with Gasteiger partial charge in [0.05, 0.1) is 12.8 Å². The standard InChI is InChI=1S/C18H36O2.C4H6O4.3H3NO3S/c1-2-3-4-5-6-7-8-9-10-11-12-13-14-15-16-17-18(19)20;5-3(6)1-2-4(7)8;3*1-5(2,3)4/h2-17H2,1H3,(H,19,20);1-2H2,(H,5,6)(H,7,8);3*(H3,1,2,3,4). The Morgan fingerprint density at radius 2 is 0.581 bits per heavy atom. The predicted molar refractivity (Wildman–Crippen MR) is 159 cm³/mol. The molecule has 0 heterocycles. The Kier molecular flexibility index (Phi) is 38.8. The van der Waals surface area contributed by atoms with Crippen LogP contribution in [-0.2, 0) is 45.3 Å². The van der Waals surface area contributed by atoms with Crippen molar-refractivity contribution in [3.63, 3.8) is 0 Å². The third kappa shape index (κ3) is 144. The highest BCUT2D eigenvalue weighted by molar-refractivity contribution is 7.83. The summed E-state index contributed by atoms with van der Waals surface area (Å²) >= 11 is 0. The molecule has 0 amide bonds. The van der Waals surface area contributed by atoms with Crippen molar-refractivity contribution in [2.45, 2.75) is 122 Å². The largest absolute Gasteiger partial charge is 0.481 e. The number of aliphatic carboxylic acids is 3. The van der Waals surface area contributed by atoms with Crippen molar-refractivity contribution in [3.05, 3.63) is 0 Å². The van der Waals surface area contributed by atoms with Crippen LogP contribution in [0.25, 0.3) is 0 Å². The molecule has 0 rings (SSSR count). The minimum atomic E-state index is -4.17. The Morgan fingerprint density at radius 1 is 0.419 bits per heavy atom. The lowest BCUT2D eigenvalue weighted by Crippen LogP contribution is -2.08. The van der Waals surface area contributed by atoms with E-state index < -0.39 is 48.8 Å². The fraction of sp³-hybridized carbons (Fsp3) is 0.864. The van der Waals surface area contributed by atoms with Crippen molar-refractivity contribution >= 4 is 48.8 Å². The minimum Gasteiger partial charge on any atom is -0.481 e. The summed E-state index contributed by atoms with van der Waals surface area (Å²) in [5, 5.41) is 36.0. The lowest BCUT2D eigenvalue weighted by molar-refractivity contribution is -0.143. The molecule has 0 aromatic rings. The predicted octanol–water partition coefficient (Wildman–Crippen LogP) is 2.51. The second kappa shape index (κ2) is 32.9. The van der Waals surface area contributed by atoms with Gasteiger partial charge >= 0.3 is 48.8 Å². The van der Waals surface area contributed by atoms with Gasteiger partial charge in [0, 0.05) is 6.42 Å². The maximum absolute atomic E-state index is 10.3. The van der Waals surface area contributed by atoms with Gasteiger partial charge in [0.15, 0.2) is 0 Å². The van der Waals surface area contributed by atoms with Gasteiger partial charge in [-0.1, -0.05) is 96.8 Å². The third-order valence-electron chi connectivity index (χ3n) is 4.55. The summed E-state index contributed by atoms with van der Waals surface area (Å²) in [5.41, 5.74) is 0. The maximum Gasteiger partial charge on any atom is 0.330 e. The molecule has 262 valence electrons. The molecule has 0 aliphatic heterocycles. The summed E-state index contributed by atoms with van der Waals surface area (Å²) in [6.07, 6.45) is 19.6. The van der Waals surface area contributed by atoms with E-state index in [2.05, 4.69) is 22.3 Å². The summed E-state index contributed by atoms with van der Waals surface area (Å²) < 4.78 is 75.6. The van der Waals surface area contributed by atoms with Gasteiger partial charge < -0.3 is 15.3 Å². The van der Waals surface area contributed by atoms with E-state index in [1.54, 1.807) is 0 Å². The van der Waals surface area contributed by atoms with E-state index in [4.69, 9.17) is 54.2 Å². The molecular formula is C22H51N3O15S3. The fourth-order valence-electron chi connectivity index (χ4n) is 2.86. The van der Waals surface area contributed by atoms with E-state index in [0.717, 1.165) is 12.8 Å². The van der Waals surface area contributed by atoms with Crippen LogP contribution in [0.1, 0.15) is 122 Å². The number of carbonyl (C=O) groups is 3. The van der Waals surface area contributed by atoms with Gasteiger partial charge in [-0.25, -0.2) is 15.4 Å². The van der Waals surface area contributed by atoms with Crippen LogP contribution >= 0.6 is 0 Å². The van der Waals surface area contributed by atoms with Crippen molar-refractivity contribution in [2.24, 2.45) is 15.4 Å². The Labute approximate surface area is 255 Å². The Balaban J connectivity index is -0.000000170. The first-order valence-electron chi connectivity index (χ1n) is 13.3. The van der Waals surface area contributed by atoms with E-state index >= 15 is 0 Å². The van der Waals surface area contributed by atoms with Crippen LogP contribution in [0.15, 0.2) is 0 Å². The first-order chi connectivity index (χ1) is 19.4. The number of rotatable bonds is 19. The van der Waals surface area contributed by atoms with Crippen LogP contribution in [0.3, 0.4) is 0 Å². The van der Waals surface area contributed by atoms with Gasteiger partial charge in [-0.2, -0.15) is 25.3 Å². The van der Waals surface area contributed by atoms with E-state index in [-0.39, 0.29) is 12.8 Å². The van der Waals surface area contributed by atoms with E-state index in [9.17, 15) is 14.4 Å². The minimum absolute atomic E-state index is 0.296. The maximum atomic E-state index is 10.3. The molecule has 0 saturated carbocycles. The topological polar surface area (TPSA) is 353 Å². The Bertz CT molecular complexity index is 895. The molecule has 12 N–H and O–H groups in total. The highest BCUT2D eigenvalue weighted by Gasteiger charge is 2.00.